The summed E-state index contributed by atoms with van der Waals surface area (Å²) in [6.45, 7) is 2.12. The summed E-state index contributed by atoms with van der Waals surface area (Å²) in [6.07, 6.45) is 1.42. The molecular formula is C25H27N3O6S. The van der Waals surface area contributed by atoms with Crippen molar-refractivity contribution >= 4 is 27.3 Å². The number of carbonyl (C=O) groups is 1. The minimum absolute atomic E-state index is 0.0752. The normalized spacial score (nSPS) is 11.0. The van der Waals surface area contributed by atoms with Gasteiger partial charge in [0, 0.05) is 25.1 Å². The third-order valence-electron chi connectivity index (χ3n) is 5.40. The van der Waals surface area contributed by atoms with Crippen LogP contribution in [0.1, 0.15) is 23.1 Å². The van der Waals surface area contributed by atoms with Crippen LogP contribution in [0.15, 0.2) is 71.6 Å². The van der Waals surface area contributed by atoms with Gasteiger partial charge in [0.25, 0.3) is 15.7 Å². The van der Waals surface area contributed by atoms with Gasteiger partial charge in [-0.05, 0) is 54.7 Å². The monoisotopic (exact) mass is 497 g/mol. The molecule has 3 rings (SSSR count). The van der Waals surface area contributed by atoms with Crippen molar-refractivity contribution in [2.75, 3.05) is 18.4 Å². The van der Waals surface area contributed by atoms with Gasteiger partial charge in [0.1, 0.15) is 10.6 Å². The molecule has 0 aromatic heterocycles. The number of ether oxygens (including phenoxy) is 1. The standard InChI is InChI=1S/C25H27N3O6S/c1-18-16-21(28(30)31)10-11-22(18)27-35(32,33)24-12-8-20(17-23(24)34-2)9-13-25(29)26-15-14-19-6-4-3-5-7-19/h3-8,10-12,16-17,27H,9,13-15H2,1-2H3,(H,26,29). The molecule has 0 radical (unpaired) electrons. The second-order valence-corrected chi connectivity index (χ2v) is 9.58. The number of methoxy groups -OCH3 is 1. The van der Waals surface area contributed by atoms with E-state index in [1.165, 1.54) is 31.4 Å². The van der Waals surface area contributed by atoms with Crippen LogP contribution in [-0.4, -0.2) is 32.9 Å². The zero-order valence-electron chi connectivity index (χ0n) is 19.5. The Morgan fingerprint density at radius 3 is 2.40 bits per heavy atom. The maximum Gasteiger partial charge on any atom is 0.269 e. The van der Waals surface area contributed by atoms with E-state index in [1.807, 2.05) is 30.3 Å². The fraction of sp³-hybridized carbons (Fsp3) is 0.240. The first-order chi connectivity index (χ1) is 16.7. The summed E-state index contributed by atoms with van der Waals surface area (Å²) in [5, 5.41) is 13.8. The first-order valence-electron chi connectivity index (χ1n) is 10.9. The molecular weight excluding hydrogens is 470 g/mol. The smallest absolute Gasteiger partial charge is 0.269 e. The summed E-state index contributed by atoms with van der Waals surface area (Å²) < 4.78 is 33.7. The molecule has 0 aliphatic heterocycles. The predicted molar refractivity (Wildman–Crippen MR) is 133 cm³/mol. The van der Waals surface area contributed by atoms with Crippen molar-refractivity contribution in [3.8, 4) is 5.75 Å². The lowest BCUT2D eigenvalue weighted by molar-refractivity contribution is -0.384. The summed E-state index contributed by atoms with van der Waals surface area (Å²) in [5.74, 6) is 0.0472. The Hall–Kier alpha value is -3.92. The van der Waals surface area contributed by atoms with Gasteiger partial charge in [-0.15, -0.1) is 0 Å². The van der Waals surface area contributed by atoms with Crippen LogP contribution < -0.4 is 14.8 Å². The van der Waals surface area contributed by atoms with Gasteiger partial charge in [0.2, 0.25) is 5.91 Å². The SMILES string of the molecule is COc1cc(CCC(=O)NCCc2ccccc2)ccc1S(=O)(=O)Nc1ccc([N+](=O)[O-])cc1C. The lowest BCUT2D eigenvalue weighted by Crippen LogP contribution is -2.25. The molecule has 2 N–H and O–H groups in total. The Labute approximate surface area is 204 Å². The van der Waals surface area contributed by atoms with Crippen LogP contribution >= 0.6 is 0 Å². The van der Waals surface area contributed by atoms with Gasteiger partial charge < -0.3 is 10.1 Å². The molecule has 0 atom stereocenters. The Balaban J connectivity index is 1.62. The lowest BCUT2D eigenvalue weighted by Gasteiger charge is -2.14. The van der Waals surface area contributed by atoms with Crippen molar-refractivity contribution < 1.29 is 22.9 Å². The Morgan fingerprint density at radius 2 is 1.74 bits per heavy atom. The highest BCUT2D eigenvalue weighted by Gasteiger charge is 2.21. The number of anilines is 1. The topological polar surface area (TPSA) is 128 Å². The quantitative estimate of drug-likeness (QED) is 0.304. The van der Waals surface area contributed by atoms with Gasteiger partial charge in [-0.3, -0.25) is 19.6 Å². The number of nitrogens with one attached hydrogen (secondary N) is 2. The van der Waals surface area contributed by atoms with Gasteiger partial charge in [0.15, 0.2) is 0 Å². The predicted octanol–water partition coefficient (Wildman–Crippen LogP) is 4.00. The van der Waals surface area contributed by atoms with Crippen molar-refractivity contribution in [1.29, 1.82) is 0 Å². The van der Waals surface area contributed by atoms with Crippen molar-refractivity contribution in [3.63, 3.8) is 0 Å². The molecule has 0 fully saturated rings. The van der Waals surface area contributed by atoms with Crippen molar-refractivity contribution in [1.82, 2.24) is 5.32 Å². The van der Waals surface area contributed by atoms with E-state index >= 15 is 0 Å². The second-order valence-electron chi connectivity index (χ2n) is 7.93. The number of rotatable bonds is 11. The molecule has 0 unspecified atom stereocenters. The Bertz CT molecular complexity index is 1310. The van der Waals surface area contributed by atoms with Gasteiger partial charge in [0.05, 0.1) is 17.7 Å². The highest BCUT2D eigenvalue weighted by atomic mass is 32.2. The molecule has 1 amide bonds. The minimum Gasteiger partial charge on any atom is -0.495 e. The van der Waals surface area contributed by atoms with Gasteiger partial charge in [-0.25, -0.2) is 8.42 Å². The molecule has 3 aromatic carbocycles. The molecule has 3 aromatic rings. The van der Waals surface area contributed by atoms with E-state index < -0.39 is 14.9 Å². The summed E-state index contributed by atoms with van der Waals surface area (Å²) in [5.41, 5.74) is 2.42. The maximum atomic E-state index is 13.0. The number of amides is 1. The van der Waals surface area contributed by atoms with Crippen LogP contribution in [-0.2, 0) is 27.7 Å². The van der Waals surface area contributed by atoms with Gasteiger partial charge in [-0.1, -0.05) is 36.4 Å². The largest absolute Gasteiger partial charge is 0.495 e. The van der Waals surface area contributed by atoms with Crippen LogP contribution in [0.2, 0.25) is 0 Å². The highest BCUT2D eigenvalue weighted by Crippen LogP contribution is 2.29. The van der Waals surface area contributed by atoms with Crippen LogP contribution in [0, 0.1) is 17.0 Å². The number of aryl methyl sites for hydroxylation is 2. The molecule has 0 saturated carbocycles. The third kappa shape index (κ3) is 7.03. The zero-order valence-corrected chi connectivity index (χ0v) is 20.3. The van der Waals surface area contributed by atoms with Crippen LogP contribution in [0.25, 0.3) is 0 Å². The fourth-order valence-corrected chi connectivity index (χ4v) is 4.79. The molecule has 0 spiro atoms. The van der Waals surface area contributed by atoms with Crippen LogP contribution in [0.4, 0.5) is 11.4 Å². The van der Waals surface area contributed by atoms with Crippen molar-refractivity contribution in [3.05, 3.63) is 93.5 Å². The molecule has 0 heterocycles. The second kappa shape index (κ2) is 11.5. The number of hydrogen-bond acceptors (Lipinski definition) is 6. The average molecular weight is 498 g/mol. The van der Waals surface area contributed by atoms with Crippen molar-refractivity contribution in [2.45, 2.75) is 31.1 Å². The van der Waals surface area contributed by atoms with Crippen molar-refractivity contribution in [2.24, 2.45) is 0 Å². The number of hydrogen-bond donors (Lipinski definition) is 2. The first-order valence-corrected chi connectivity index (χ1v) is 12.4. The van der Waals surface area contributed by atoms with E-state index in [1.54, 1.807) is 19.1 Å². The number of sulfonamides is 1. The van der Waals surface area contributed by atoms with Crippen LogP contribution in [0.5, 0.6) is 5.75 Å². The van der Waals surface area contributed by atoms with Gasteiger partial charge in [-0.2, -0.15) is 0 Å². The van der Waals surface area contributed by atoms with Crippen LogP contribution in [0.3, 0.4) is 0 Å². The minimum atomic E-state index is -4.02. The van der Waals surface area contributed by atoms with Gasteiger partial charge >= 0.3 is 0 Å². The molecule has 0 aliphatic rings. The molecule has 184 valence electrons. The number of benzene rings is 3. The zero-order chi connectivity index (χ0) is 25.4. The van der Waals surface area contributed by atoms with E-state index in [-0.39, 0.29) is 34.3 Å². The van der Waals surface area contributed by atoms with E-state index in [2.05, 4.69) is 10.0 Å². The number of carbonyl (C=O) groups excluding carboxylic acids is 1. The van der Waals surface area contributed by atoms with E-state index in [0.717, 1.165) is 17.5 Å². The fourth-order valence-electron chi connectivity index (χ4n) is 3.50. The summed E-state index contributed by atoms with van der Waals surface area (Å²) in [7, 11) is -2.66. The lowest BCUT2D eigenvalue weighted by atomic mass is 10.1. The van der Waals surface area contributed by atoms with E-state index in [4.69, 9.17) is 4.74 Å². The molecule has 0 bridgehead atoms. The molecule has 0 saturated heterocycles. The summed E-state index contributed by atoms with van der Waals surface area (Å²) in [6, 6.07) is 18.4. The highest BCUT2D eigenvalue weighted by molar-refractivity contribution is 7.92. The molecule has 9 nitrogen and oxygen atoms in total. The number of nitro groups is 1. The molecule has 10 heteroatoms. The summed E-state index contributed by atoms with van der Waals surface area (Å²) >= 11 is 0. The first kappa shape index (κ1) is 25.7. The number of nitrogens with zero attached hydrogens (tertiary/aromatic N) is 1. The Kier molecular flexibility index (Phi) is 8.43. The molecule has 35 heavy (non-hydrogen) atoms. The Morgan fingerprint density at radius 1 is 1.00 bits per heavy atom. The maximum absolute atomic E-state index is 13.0. The number of non-ortho nitro benzene ring substituents is 1. The molecule has 0 aliphatic carbocycles. The summed E-state index contributed by atoms with van der Waals surface area (Å²) in [4.78, 5) is 22.5. The average Bonchev–Trinajstić information content (AvgIpc) is 2.84. The van der Waals surface area contributed by atoms with E-state index in [9.17, 15) is 23.3 Å². The third-order valence-corrected chi connectivity index (χ3v) is 6.81. The number of nitro benzene ring substituents is 1. The van der Waals surface area contributed by atoms with E-state index in [0.29, 0.717) is 18.5 Å².